The van der Waals surface area contributed by atoms with E-state index in [0.717, 1.165) is 18.2 Å². The molecule has 0 radical (unpaired) electrons. The second-order valence-electron chi connectivity index (χ2n) is 3.44. The van der Waals surface area contributed by atoms with E-state index >= 15 is 0 Å². The molecule has 3 nitrogen and oxygen atoms in total. The zero-order chi connectivity index (χ0) is 11.7. The molecule has 16 heavy (non-hydrogen) atoms. The number of aliphatic carboxylic acids is 1. The maximum absolute atomic E-state index is 13.4. The second-order valence-corrected chi connectivity index (χ2v) is 4.57. The molecule has 1 heterocycles. The smallest absolute Gasteiger partial charge is 0.321 e. The molecule has 2 N–H and O–H groups in total. The van der Waals surface area contributed by atoms with Gasteiger partial charge in [-0.25, -0.2) is 8.78 Å². The van der Waals surface area contributed by atoms with Crippen molar-refractivity contribution in [3.05, 3.63) is 35.4 Å². The topological polar surface area (TPSA) is 49.3 Å². The molecule has 0 amide bonds. The van der Waals surface area contributed by atoms with Crippen molar-refractivity contribution in [1.82, 2.24) is 5.32 Å². The standard InChI is InChI=1S/C10H9F2NO2S/c11-5-1-2-7(12)6(3-5)9-13-8(4-16-9)10(14)15/h1-3,8-9,13H,4H2,(H,14,15)/t8-,9+/m0/s1. The molecule has 1 aliphatic heterocycles. The Hall–Kier alpha value is -1.14. The first-order valence-electron chi connectivity index (χ1n) is 4.63. The summed E-state index contributed by atoms with van der Waals surface area (Å²) in [5.74, 6) is -1.70. The van der Waals surface area contributed by atoms with Crippen molar-refractivity contribution in [2.24, 2.45) is 0 Å². The summed E-state index contributed by atoms with van der Waals surface area (Å²) in [6, 6.07) is 2.45. The molecule has 2 rings (SSSR count). The first-order chi connectivity index (χ1) is 7.58. The minimum Gasteiger partial charge on any atom is -0.480 e. The van der Waals surface area contributed by atoms with Crippen molar-refractivity contribution < 1.29 is 18.7 Å². The number of carboxylic acid groups (broad SMARTS) is 1. The monoisotopic (exact) mass is 245 g/mol. The Labute approximate surface area is 94.8 Å². The number of rotatable bonds is 2. The van der Waals surface area contributed by atoms with E-state index in [9.17, 15) is 13.6 Å². The lowest BCUT2D eigenvalue weighted by Gasteiger charge is -2.12. The van der Waals surface area contributed by atoms with E-state index in [1.165, 1.54) is 11.8 Å². The Balaban J connectivity index is 2.20. The molecule has 1 aliphatic rings. The molecule has 0 spiro atoms. The van der Waals surface area contributed by atoms with E-state index in [0.29, 0.717) is 5.75 Å². The minimum atomic E-state index is -0.980. The highest BCUT2D eigenvalue weighted by atomic mass is 32.2. The third kappa shape index (κ3) is 2.17. The molecule has 0 aliphatic carbocycles. The van der Waals surface area contributed by atoms with E-state index in [1.807, 2.05) is 0 Å². The van der Waals surface area contributed by atoms with E-state index in [1.54, 1.807) is 0 Å². The van der Waals surface area contributed by atoms with Crippen LogP contribution in [0.3, 0.4) is 0 Å². The van der Waals surface area contributed by atoms with Crippen molar-refractivity contribution in [3.8, 4) is 0 Å². The Morgan fingerprint density at radius 3 is 2.88 bits per heavy atom. The summed E-state index contributed by atoms with van der Waals surface area (Å²) in [7, 11) is 0. The normalized spacial score (nSPS) is 24.6. The lowest BCUT2D eigenvalue weighted by Crippen LogP contribution is -2.33. The number of nitrogens with one attached hydrogen (secondary N) is 1. The van der Waals surface area contributed by atoms with Gasteiger partial charge in [-0.1, -0.05) is 0 Å². The Morgan fingerprint density at radius 1 is 1.50 bits per heavy atom. The first-order valence-corrected chi connectivity index (χ1v) is 5.68. The van der Waals surface area contributed by atoms with Gasteiger partial charge in [0.1, 0.15) is 17.7 Å². The maximum Gasteiger partial charge on any atom is 0.321 e. The number of hydrogen-bond acceptors (Lipinski definition) is 3. The van der Waals surface area contributed by atoms with Crippen LogP contribution in [0.4, 0.5) is 8.78 Å². The largest absolute Gasteiger partial charge is 0.480 e. The number of carboxylic acids is 1. The van der Waals surface area contributed by atoms with Gasteiger partial charge in [0.2, 0.25) is 0 Å². The summed E-state index contributed by atoms with van der Waals surface area (Å²) >= 11 is 1.26. The molecule has 1 aromatic carbocycles. The van der Waals surface area contributed by atoms with Gasteiger partial charge in [0.15, 0.2) is 0 Å². The van der Waals surface area contributed by atoms with Gasteiger partial charge >= 0.3 is 5.97 Å². The lowest BCUT2D eigenvalue weighted by molar-refractivity contribution is -0.138. The van der Waals surface area contributed by atoms with Crippen molar-refractivity contribution in [1.29, 1.82) is 0 Å². The first kappa shape index (κ1) is 11.3. The Bertz CT molecular complexity index is 427. The van der Waals surface area contributed by atoms with Crippen LogP contribution >= 0.6 is 11.8 Å². The van der Waals surface area contributed by atoms with Crippen molar-refractivity contribution in [3.63, 3.8) is 0 Å². The van der Waals surface area contributed by atoms with Crippen LogP contribution in [0.1, 0.15) is 10.9 Å². The van der Waals surface area contributed by atoms with Gasteiger partial charge in [0.25, 0.3) is 0 Å². The molecular weight excluding hydrogens is 236 g/mol. The average molecular weight is 245 g/mol. The summed E-state index contributed by atoms with van der Waals surface area (Å²) < 4.78 is 26.3. The number of hydrogen-bond donors (Lipinski definition) is 2. The SMILES string of the molecule is O=C(O)[C@@H]1CS[C@H](c2cc(F)ccc2F)N1. The van der Waals surface area contributed by atoms with Crippen LogP contribution < -0.4 is 5.32 Å². The van der Waals surface area contributed by atoms with Crippen LogP contribution in [0.2, 0.25) is 0 Å². The summed E-state index contributed by atoms with van der Waals surface area (Å²) in [5.41, 5.74) is 0.161. The molecule has 0 saturated carbocycles. The summed E-state index contributed by atoms with van der Waals surface area (Å²) in [6.07, 6.45) is 0. The van der Waals surface area contributed by atoms with E-state index < -0.39 is 29.0 Å². The fourth-order valence-electron chi connectivity index (χ4n) is 1.51. The van der Waals surface area contributed by atoms with Gasteiger partial charge in [0.05, 0.1) is 5.37 Å². The maximum atomic E-state index is 13.4. The number of benzene rings is 1. The van der Waals surface area contributed by atoms with Crippen molar-refractivity contribution in [2.75, 3.05) is 5.75 Å². The predicted molar refractivity (Wildman–Crippen MR) is 56.1 cm³/mol. The molecular formula is C10H9F2NO2S. The second kappa shape index (κ2) is 4.39. The van der Waals surface area contributed by atoms with Crippen molar-refractivity contribution >= 4 is 17.7 Å². The van der Waals surface area contributed by atoms with E-state index in [2.05, 4.69) is 5.32 Å². The molecule has 6 heteroatoms. The zero-order valence-corrected chi connectivity index (χ0v) is 8.93. The van der Waals surface area contributed by atoms with Crippen LogP contribution in [-0.4, -0.2) is 22.9 Å². The number of halogens is 2. The fourth-order valence-corrected chi connectivity index (χ4v) is 2.75. The fraction of sp³-hybridized carbons (Fsp3) is 0.300. The molecule has 1 saturated heterocycles. The molecule has 0 aromatic heterocycles. The average Bonchev–Trinajstić information content (AvgIpc) is 2.70. The molecule has 1 fully saturated rings. The third-order valence-electron chi connectivity index (χ3n) is 2.32. The van der Waals surface area contributed by atoms with Crippen LogP contribution in [0.15, 0.2) is 18.2 Å². The lowest BCUT2D eigenvalue weighted by atomic mass is 10.2. The van der Waals surface area contributed by atoms with Gasteiger partial charge in [0, 0.05) is 11.3 Å². The van der Waals surface area contributed by atoms with Gasteiger partial charge in [-0.15, -0.1) is 11.8 Å². The number of carbonyl (C=O) groups is 1. The van der Waals surface area contributed by atoms with Crippen LogP contribution in [-0.2, 0) is 4.79 Å². The summed E-state index contributed by atoms with van der Waals surface area (Å²) in [5, 5.41) is 11.0. The molecule has 2 atom stereocenters. The molecule has 0 bridgehead atoms. The Morgan fingerprint density at radius 2 is 2.25 bits per heavy atom. The molecule has 1 aromatic rings. The van der Waals surface area contributed by atoms with Gasteiger partial charge in [-0.3, -0.25) is 10.1 Å². The van der Waals surface area contributed by atoms with Gasteiger partial charge in [-0.2, -0.15) is 0 Å². The Kier molecular flexibility index (Phi) is 3.11. The highest BCUT2D eigenvalue weighted by Crippen LogP contribution is 2.34. The van der Waals surface area contributed by atoms with Crippen LogP contribution in [0.25, 0.3) is 0 Å². The highest BCUT2D eigenvalue weighted by Gasteiger charge is 2.31. The van der Waals surface area contributed by atoms with Gasteiger partial charge < -0.3 is 5.11 Å². The van der Waals surface area contributed by atoms with Crippen molar-refractivity contribution in [2.45, 2.75) is 11.4 Å². The molecule has 0 unspecified atom stereocenters. The van der Waals surface area contributed by atoms with Gasteiger partial charge in [-0.05, 0) is 18.2 Å². The predicted octanol–water partition coefficient (Wildman–Crippen LogP) is 1.75. The van der Waals surface area contributed by atoms with E-state index in [-0.39, 0.29) is 5.56 Å². The minimum absolute atomic E-state index is 0.161. The summed E-state index contributed by atoms with van der Waals surface area (Å²) in [6.45, 7) is 0. The third-order valence-corrected chi connectivity index (χ3v) is 3.57. The summed E-state index contributed by atoms with van der Waals surface area (Å²) in [4.78, 5) is 10.7. The quantitative estimate of drug-likeness (QED) is 0.833. The highest BCUT2D eigenvalue weighted by molar-refractivity contribution is 7.99. The molecule has 86 valence electrons. The zero-order valence-electron chi connectivity index (χ0n) is 8.11. The van der Waals surface area contributed by atoms with Crippen LogP contribution in [0.5, 0.6) is 0 Å². The van der Waals surface area contributed by atoms with E-state index in [4.69, 9.17) is 5.11 Å². The number of thioether (sulfide) groups is 1. The van der Waals surface area contributed by atoms with Crippen LogP contribution in [0, 0.1) is 11.6 Å².